The Morgan fingerprint density at radius 1 is 0.581 bits per heavy atom. The van der Waals surface area contributed by atoms with E-state index >= 15 is 0 Å². The van der Waals surface area contributed by atoms with E-state index < -0.39 is 9.84 Å². The predicted molar refractivity (Wildman–Crippen MR) is 125 cm³/mol. The van der Waals surface area contributed by atoms with Crippen molar-refractivity contribution in [1.29, 1.82) is 0 Å². The van der Waals surface area contributed by atoms with Crippen LogP contribution in [0.4, 0.5) is 17.1 Å². The lowest BCUT2D eigenvalue weighted by Crippen LogP contribution is -2.30. The standard InChI is InChI=1S/C27H23NO2S/c1-27(2)23-12-6-8-14-25(23)28(26-15-9-7-13-24(26)27)20-16-18-22(19-17-20)31(29,30)21-10-4-3-5-11-21/h3-19H,1-2H3. The van der Waals surface area contributed by atoms with Gasteiger partial charge in [0.1, 0.15) is 0 Å². The highest BCUT2D eigenvalue weighted by atomic mass is 32.2. The van der Waals surface area contributed by atoms with Crippen molar-refractivity contribution in [3.05, 3.63) is 114 Å². The number of sulfone groups is 1. The van der Waals surface area contributed by atoms with E-state index in [1.807, 2.05) is 30.3 Å². The van der Waals surface area contributed by atoms with Crippen LogP contribution in [0.2, 0.25) is 0 Å². The molecule has 4 aromatic rings. The quantitative estimate of drug-likeness (QED) is 0.370. The van der Waals surface area contributed by atoms with Crippen molar-refractivity contribution in [2.45, 2.75) is 29.1 Å². The van der Waals surface area contributed by atoms with Crippen LogP contribution >= 0.6 is 0 Å². The van der Waals surface area contributed by atoms with Crippen LogP contribution in [0.3, 0.4) is 0 Å². The molecule has 0 spiro atoms. The van der Waals surface area contributed by atoms with Gasteiger partial charge in [-0.2, -0.15) is 0 Å². The van der Waals surface area contributed by atoms with Crippen LogP contribution < -0.4 is 4.90 Å². The first-order chi connectivity index (χ1) is 14.9. The lowest BCUT2D eigenvalue weighted by molar-refractivity contribution is 0.596. The Bertz CT molecular complexity index is 1310. The number of nitrogens with zero attached hydrogens (tertiary/aromatic N) is 1. The van der Waals surface area contributed by atoms with Crippen molar-refractivity contribution in [2.24, 2.45) is 0 Å². The molecule has 1 aliphatic heterocycles. The third-order valence-electron chi connectivity index (χ3n) is 6.10. The molecular weight excluding hydrogens is 402 g/mol. The van der Waals surface area contributed by atoms with Crippen LogP contribution in [0.1, 0.15) is 25.0 Å². The fourth-order valence-electron chi connectivity index (χ4n) is 4.46. The van der Waals surface area contributed by atoms with E-state index in [1.54, 1.807) is 36.4 Å². The van der Waals surface area contributed by atoms with Crippen molar-refractivity contribution in [2.75, 3.05) is 4.90 Å². The predicted octanol–water partition coefficient (Wildman–Crippen LogP) is 6.63. The summed E-state index contributed by atoms with van der Waals surface area (Å²) in [5.41, 5.74) is 5.53. The van der Waals surface area contributed by atoms with Gasteiger partial charge in [0.2, 0.25) is 9.84 Å². The molecule has 4 aromatic carbocycles. The van der Waals surface area contributed by atoms with Gasteiger partial charge in [0.05, 0.1) is 21.2 Å². The number of anilines is 3. The molecule has 0 aliphatic carbocycles. The van der Waals surface area contributed by atoms with Gasteiger partial charge in [-0.15, -0.1) is 0 Å². The monoisotopic (exact) mass is 425 g/mol. The highest BCUT2D eigenvalue weighted by Crippen LogP contribution is 2.51. The van der Waals surface area contributed by atoms with E-state index in [0.29, 0.717) is 9.79 Å². The first-order valence-electron chi connectivity index (χ1n) is 10.3. The number of hydrogen-bond acceptors (Lipinski definition) is 3. The number of hydrogen-bond donors (Lipinski definition) is 0. The summed E-state index contributed by atoms with van der Waals surface area (Å²) in [5, 5.41) is 0. The van der Waals surface area contributed by atoms with E-state index in [4.69, 9.17) is 0 Å². The topological polar surface area (TPSA) is 37.4 Å². The van der Waals surface area contributed by atoms with Gasteiger partial charge < -0.3 is 4.90 Å². The summed E-state index contributed by atoms with van der Waals surface area (Å²) in [5.74, 6) is 0. The second-order valence-electron chi connectivity index (χ2n) is 8.31. The van der Waals surface area contributed by atoms with E-state index in [0.717, 1.165) is 17.1 Å². The summed E-state index contributed by atoms with van der Waals surface area (Å²) in [6.07, 6.45) is 0. The van der Waals surface area contributed by atoms with E-state index in [9.17, 15) is 8.42 Å². The molecule has 3 nitrogen and oxygen atoms in total. The molecule has 0 radical (unpaired) electrons. The molecule has 154 valence electrons. The fourth-order valence-corrected chi connectivity index (χ4v) is 5.74. The average Bonchev–Trinajstić information content (AvgIpc) is 2.80. The van der Waals surface area contributed by atoms with Gasteiger partial charge in [-0.25, -0.2) is 8.42 Å². The smallest absolute Gasteiger partial charge is 0.206 e. The highest BCUT2D eigenvalue weighted by Gasteiger charge is 2.36. The van der Waals surface area contributed by atoms with Crippen LogP contribution in [-0.4, -0.2) is 8.42 Å². The Kier molecular flexibility index (Phi) is 4.49. The summed E-state index contributed by atoms with van der Waals surface area (Å²) in [6, 6.07) is 32.6. The van der Waals surface area contributed by atoms with Crippen molar-refractivity contribution in [3.8, 4) is 0 Å². The molecule has 4 heteroatoms. The SMILES string of the molecule is CC1(C)c2ccccc2N(c2ccc(S(=O)(=O)c3ccccc3)cc2)c2ccccc21. The van der Waals surface area contributed by atoms with Gasteiger partial charge >= 0.3 is 0 Å². The summed E-state index contributed by atoms with van der Waals surface area (Å²) in [4.78, 5) is 2.81. The molecule has 1 heterocycles. The van der Waals surface area contributed by atoms with Crippen LogP contribution in [0.25, 0.3) is 0 Å². The molecular formula is C27H23NO2S. The summed E-state index contributed by atoms with van der Waals surface area (Å²) in [7, 11) is -3.54. The fraction of sp³-hybridized carbons (Fsp3) is 0.111. The summed E-state index contributed by atoms with van der Waals surface area (Å²) < 4.78 is 26.0. The Morgan fingerprint density at radius 3 is 1.58 bits per heavy atom. The second kappa shape index (κ2) is 7.10. The van der Waals surface area contributed by atoms with Gasteiger partial charge in [-0.05, 0) is 59.7 Å². The Morgan fingerprint density at radius 2 is 1.03 bits per heavy atom. The van der Waals surface area contributed by atoms with E-state index in [2.05, 4.69) is 55.1 Å². The zero-order chi connectivity index (χ0) is 21.6. The molecule has 1 aliphatic rings. The van der Waals surface area contributed by atoms with Gasteiger partial charge in [-0.1, -0.05) is 68.4 Å². The number of rotatable bonds is 3. The lowest BCUT2D eigenvalue weighted by atomic mass is 9.73. The van der Waals surface area contributed by atoms with Crippen LogP contribution in [0.5, 0.6) is 0 Å². The number of fused-ring (bicyclic) bond motifs is 2. The molecule has 5 rings (SSSR count). The zero-order valence-electron chi connectivity index (χ0n) is 17.5. The first kappa shape index (κ1) is 19.6. The van der Waals surface area contributed by atoms with Gasteiger partial charge in [0.15, 0.2) is 0 Å². The maximum absolute atomic E-state index is 13.0. The largest absolute Gasteiger partial charge is 0.310 e. The minimum Gasteiger partial charge on any atom is -0.310 e. The molecule has 0 atom stereocenters. The van der Waals surface area contributed by atoms with Crippen LogP contribution in [0.15, 0.2) is 113 Å². The Labute approximate surface area is 183 Å². The zero-order valence-corrected chi connectivity index (χ0v) is 18.3. The molecule has 0 unspecified atom stereocenters. The molecule has 0 amide bonds. The van der Waals surface area contributed by atoms with Crippen molar-refractivity contribution < 1.29 is 8.42 Å². The van der Waals surface area contributed by atoms with Crippen molar-refractivity contribution >= 4 is 26.9 Å². The minimum atomic E-state index is -3.54. The van der Waals surface area contributed by atoms with Gasteiger partial charge in [0, 0.05) is 11.1 Å². The third-order valence-corrected chi connectivity index (χ3v) is 7.88. The third kappa shape index (κ3) is 3.06. The number of benzene rings is 4. The molecule has 31 heavy (non-hydrogen) atoms. The maximum Gasteiger partial charge on any atom is 0.206 e. The second-order valence-corrected chi connectivity index (χ2v) is 10.3. The molecule has 0 saturated carbocycles. The number of para-hydroxylation sites is 2. The summed E-state index contributed by atoms with van der Waals surface area (Å²) >= 11 is 0. The average molecular weight is 426 g/mol. The molecule has 0 aromatic heterocycles. The van der Waals surface area contributed by atoms with Crippen LogP contribution in [0, 0.1) is 0 Å². The highest BCUT2D eigenvalue weighted by molar-refractivity contribution is 7.91. The van der Waals surface area contributed by atoms with E-state index in [-0.39, 0.29) is 5.41 Å². The van der Waals surface area contributed by atoms with Gasteiger partial charge in [-0.3, -0.25) is 0 Å². The molecule has 0 bridgehead atoms. The van der Waals surface area contributed by atoms with E-state index in [1.165, 1.54) is 11.1 Å². The normalized spacial score (nSPS) is 14.6. The first-order valence-corrected chi connectivity index (χ1v) is 11.8. The van der Waals surface area contributed by atoms with Gasteiger partial charge in [0.25, 0.3) is 0 Å². The van der Waals surface area contributed by atoms with Crippen molar-refractivity contribution in [3.63, 3.8) is 0 Å². The maximum atomic E-state index is 13.0. The Balaban J connectivity index is 1.64. The molecule has 0 fully saturated rings. The summed E-state index contributed by atoms with van der Waals surface area (Å²) in [6.45, 7) is 4.50. The molecule has 0 N–H and O–H groups in total. The molecule has 0 saturated heterocycles. The van der Waals surface area contributed by atoms with Crippen LogP contribution in [-0.2, 0) is 15.3 Å². The van der Waals surface area contributed by atoms with Crippen molar-refractivity contribution in [1.82, 2.24) is 0 Å². The minimum absolute atomic E-state index is 0.125. The Hall–Kier alpha value is -3.37. The lowest BCUT2D eigenvalue weighted by Gasteiger charge is -2.42.